The summed E-state index contributed by atoms with van der Waals surface area (Å²) in [7, 11) is -0.857. The summed E-state index contributed by atoms with van der Waals surface area (Å²) in [6, 6.07) is 11.0. The molecule has 0 amide bonds. The molecule has 3 heteroatoms. The maximum atomic E-state index is 5.98. The van der Waals surface area contributed by atoms with Crippen molar-refractivity contribution < 1.29 is 4.74 Å². The van der Waals surface area contributed by atoms with Gasteiger partial charge in [-0.2, -0.15) is 0 Å². The summed E-state index contributed by atoms with van der Waals surface area (Å²) in [6.07, 6.45) is 9.54. The lowest BCUT2D eigenvalue weighted by molar-refractivity contribution is -0.0632. The van der Waals surface area contributed by atoms with E-state index in [0.717, 1.165) is 18.6 Å². The van der Waals surface area contributed by atoms with E-state index in [2.05, 4.69) is 63.8 Å². The summed E-state index contributed by atoms with van der Waals surface area (Å²) < 4.78 is 5.98. The molecule has 2 fully saturated rings. The van der Waals surface area contributed by atoms with E-state index >= 15 is 0 Å². The highest BCUT2D eigenvalue weighted by Crippen LogP contribution is 2.33. The molecule has 3 rings (SSSR count). The second-order valence-corrected chi connectivity index (χ2v) is 13.5. The SMILES string of the molecule is C[C@@H]1CN(C[SiH](Cc2ccc(C(C)(C)C)cc2)C2CCCCC2)C[C@H](C)O1. The van der Waals surface area contributed by atoms with Crippen LogP contribution in [0, 0.1) is 0 Å². The van der Waals surface area contributed by atoms with Crippen LogP contribution in [-0.4, -0.2) is 45.2 Å². The quantitative estimate of drug-likeness (QED) is 0.638. The zero-order valence-corrected chi connectivity index (χ0v) is 19.5. The number of hydrogen-bond donors (Lipinski definition) is 0. The number of morpholine rings is 1. The number of nitrogens with zero attached hydrogens (tertiary/aromatic N) is 1. The van der Waals surface area contributed by atoms with E-state index < -0.39 is 8.80 Å². The minimum atomic E-state index is -0.857. The Morgan fingerprint density at radius 1 is 0.963 bits per heavy atom. The Morgan fingerprint density at radius 2 is 1.56 bits per heavy atom. The van der Waals surface area contributed by atoms with E-state index in [1.165, 1.54) is 49.9 Å². The number of hydrogen-bond acceptors (Lipinski definition) is 2. The van der Waals surface area contributed by atoms with Gasteiger partial charge in [0, 0.05) is 13.1 Å². The summed E-state index contributed by atoms with van der Waals surface area (Å²) in [5, 5.41) is 0. The minimum Gasteiger partial charge on any atom is -0.373 e. The summed E-state index contributed by atoms with van der Waals surface area (Å²) in [4.78, 5) is 2.74. The molecule has 27 heavy (non-hydrogen) atoms. The van der Waals surface area contributed by atoms with Crippen LogP contribution in [0.15, 0.2) is 24.3 Å². The van der Waals surface area contributed by atoms with Gasteiger partial charge in [-0.1, -0.05) is 82.7 Å². The molecule has 1 aliphatic heterocycles. The Bertz CT molecular complexity index is 563. The molecule has 2 nitrogen and oxygen atoms in total. The fourth-order valence-electron chi connectivity index (χ4n) is 5.19. The van der Waals surface area contributed by atoms with Crippen LogP contribution in [0.3, 0.4) is 0 Å². The summed E-state index contributed by atoms with van der Waals surface area (Å²) in [5.74, 6) is 0. The molecular formula is C24H41NOSi. The van der Waals surface area contributed by atoms with Crippen LogP contribution in [0.2, 0.25) is 5.54 Å². The lowest BCUT2D eigenvalue weighted by Gasteiger charge is -2.39. The molecule has 152 valence electrons. The first-order valence-corrected chi connectivity index (χ1v) is 13.6. The third-order valence-corrected chi connectivity index (χ3v) is 10.6. The van der Waals surface area contributed by atoms with Crippen molar-refractivity contribution in [2.24, 2.45) is 0 Å². The lowest BCUT2D eigenvalue weighted by Crippen LogP contribution is -2.50. The molecule has 1 heterocycles. The van der Waals surface area contributed by atoms with Gasteiger partial charge in [0.1, 0.15) is 0 Å². The third-order valence-electron chi connectivity index (χ3n) is 6.62. The molecular weight excluding hydrogens is 346 g/mol. The van der Waals surface area contributed by atoms with Crippen molar-refractivity contribution in [3.05, 3.63) is 35.4 Å². The van der Waals surface area contributed by atoms with Gasteiger partial charge >= 0.3 is 0 Å². The van der Waals surface area contributed by atoms with Crippen LogP contribution in [-0.2, 0) is 16.2 Å². The highest BCUT2D eigenvalue weighted by molar-refractivity contribution is 6.60. The largest absolute Gasteiger partial charge is 0.373 e. The van der Waals surface area contributed by atoms with Gasteiger partial charge in [-0.3, -0.25) is 0 Å². The third kappa shape index (κ3) is 6.17. The van der Waals surface area contributed by atoms with Gasteiger partial charge in [0.2, 0.25) is 0 Å². The second-order valence-electron chi connectivity index (χ2n) is 10.3. The molecule has 0 N–H and O–H groups in total. The molecule has 1 saturated heterocycles. The van der Waals surface area contributed by atoms with E-state index in [0.29, 0.717) is 12.2 Å². The van der Waals surface area contributed by atoms with Crippen LogP contribution in [0.4, 0.5) is 0 Å². The molecule has 1 unspecified atom stereocenters. The molecule has 0 bridgehead atoms. The second kappa shape index (κ2) is 9.24. The molecule has 0 spiro atoms. The van der Waals surface area contributed by atoms with Gasteiger partial charge in [-0.25, -0.2) is 0 Å². The van der Waals surface area contributed by atoms with Crippen LogP contribution in [0.25, 0.3) is 0 Å². The van der Waals surface area contributed by atoms with Crippen LogP contribution in [0.1, 0.15) is 77.8 Å². The average molecular weight is 388 g/mol. The topological polar surface area (TPSA) is 12.5 Å². The van der Waals surface area contributed by atoms with E-state index in [9.17, 15) is 0 Å². The maximum Gasteiger partial charge on any atom is 0.0678 e. The zero-order valence-electron chi connectivity index (χ0n) is 18.3. The van der Waals surface area contributed by atoms with Crippen LogP contribution in [0.5, 0.6) is 0 Å². The fourth-order valence-corrected chi connectivity index (χ4v) is 9.21. The smallest absolute Gasteiger partial charge is 0.0678 e. The Labute approximate surface area is 169 Å². The van der Waals surface area contributed by atoms with Gasteiger partial charge in [0.05, 0.1) is 21.0 Å². The highest BCUT2D eigenvalue weighted by Gasteiger charge is 2.30. The van der Waals surface area contributed by atoms with Crippen molar-refractivity contribution in [1.29, 1.82) is 0 Å². The number of rotatable bonds is 5. The molecule has 1 saturated carbocycles. The number of ether oxygens (including phenoxy) is 1. The predicted octanol–water partition coefficient (Wildman–Crippen LogP) is 5.28. The molecule has 0 aromatic heterocycles. The van der Waals surface area contributed by atoms with Crippen molar-refractivity contribution in [3.63, 3.8) is 0 Å². The van der Waals surface area contributed by atoms with E-state index in [-0.39, 0.29) is 5.41 Å². The van der Waals surface area contributed by atoms with Gasteiger partial charge in [0.15, 0.2) is 0 Å². The first-order valence-electron chi connectivity index (χ1n) is 11.3. The first-order chi connectivity index (χ1) is 12.8. The van der Waals surface area contributed by atoms with E-state index in [4.69, 9.17) is 4.74 Å². The Hall–Kier alpha value is -0.643. The van der Waals surface area contributed by atoms with Crippen LogP contribution >= 0.6 is 0 Å². The summed E-state index contributed by atoms with van der Waals surface area (Å²) in [6.45, 7) is 13.7. The highest BCUT2D eigenvalue weighted by atomic mass is 28.3. The molecule has 3 atom stereocenters. The lowest BCUT2D eigenvalue weighted by atomic mass is 9.87. The maximum absolute atomic E-state index is 5.98. The molecule has 1 aromatic carbocycles. The summed E-state index contributed by atoms with van der Waals surface area (Å²) >= 11 is 0. The van der Waals surface area contributed by atoms with Gasteiger partial charge in [-0.05, 0) is 42.6 Å². The zero-order chi connectivity index (χ0) is 19.4. The number of benzene rings is 1. The Kier molecular flexibility index (Phi) is 7.21. The van der Waals surface area contributed by atoms with Crippen LogP contribution < -0.4 is 0 Å². The van der Waals surface area contributed by atoms with E-state index in [1.807, 2.05) is 0 Å². The van der Waals surface area contributed by atoms with Crippen molar-refractivity contribution in [3.8, 4) is 0 Å². The average Bonchev–Trinajstić information content (AvgIpc) is 2.61. The Balaban J connectivity index is 1.69. The fraction of sp³-hybridized carbons (Fsp3) is 0.750. The molecule has 1 aliphatic carbocycles. The monoisotopic (exact) mass is 387 g/mol. The van der Waals surface area contributed by atoms with Gasteiger partial charge < -0.3 is 9.64 Å². The Morgan fingerprint density at radius 3 is 2.11 bits per heavy atom. The molecule has 0 radical (unpaired) electrons. The summed E-state index contributed by atoms with van der Waals surface area (Å²) in [5.41, 5.74) is 4.32. The van der Waals surface area contributed by atoms with Crippen molar-refractivity contribution in [2.75, 3.05) is 19.3 Å². The van der Waals surface area contributed by atoms with E-state index in [1.54, 1.807) is 5.56 Å². The first kappa shape index (κ1) is 21.1. The van der Waals surface area contributed by atoms with Crippen molar-refractivity contribution in [2.45, 2.75) is 95.9 Å². The normalized spacial score (nSPS) is 26.9. The van der Waals surface area contributed by atoms with Gasteiger partial charge in [-0.15, -0.1) is 0 Å². The minimum absolute atomic E-state index is 0.249. The molecule has 1 aromatic rings. The predicted molar refractivity (Wildman–Crippen MR) is 119 cm³/mol. The van der Waals surface area contributed by atoms with Gasteiger partial charge in [0.25, 0.3) is 0 Å². The standard InChI is InChI=1S/C24H41NOSi/c1-19-15-25(16-20(2)26-19)18-27(23-9-7-6-8-10-23)17-21-11-13-22(14-12-21)24(3,4)5/h11-14,19-20,23,27H,6-10,15-18H2,1-5H3/t19-,20+,27?. The van der Waals surface area contributed by atoms with Crippen molar-refractivity contribution in [1.82, 2.24) is 4.90 Å². The molecule has 2 aliphatic rings. The van der Waals surface area contributed by atoms with Crippen molar-refractivity contribution >= 4 is 8.80 Å².